The van der Waals surface area contributed by atoms with Crippen molar-refractivity contribution in [1.29, 1.82) is 0 Å². The van der Waals surface area contributed by atoms with E-state index in [-0.39, 0.29) is 21.3 Å². The number of nitrogen functional groups attached to an aromatic ring is 1. The van der Waals surface area contributed by atoms with Crippen LogP contribution in [0.1, 0.15) is 17.3 Å². The summed E-state index contributed by atoms with van der Waals surface area (Å²) in [5.74, 6) is -1.21. The number of carbonyl (C=O) groups is 2. The van der Waals surface area contributed by atoms with Crippen LogP contribution in [0.5, 0.6) is 0 Å². The Morgan fingerprint density at radius 2 is 2.05 bits per heavy atom. The van der Waals surface area contributed by atoms with Crippen LogP contribution in [-0.4, -0.2) is 38.2 Å². The highest BCUT2D eigenvalue weighted by Gasteiger charge is 2.21. The first kappa shape index (κ1) is 17.6. The van der Waals surface area contributed by atoms with Gasteiger partial charge in [-0.15, -0.1) is 0 Å². The van der Waals surface area contributed by atoms with Crippen molar-refractivity contribution in [1.82, 2.24) is 5.32 Å². The molecule has 0 saturated heterocycles. The van der Waals surface area contributed by atoms with Crippen molar-refractivity contribution in [3.63, 3.8) is 0 Å². The Bertz CT molecular complexity index is 537. The van der Waals surface area contributed by atoms with E-state index in [1.807, 2.05) is 0 Å². The number of nitrogens with two attached hydrogens (primary N) is 1. The van der Waals surface area contributed by atoms with Crippen LogP contribution < -0.4 is 11.1 Å². The van der Waals surface area contributed by atoms with E-state index in [0.29, 0.717) is 13.2 Å². The van der Waals surface area contributed by atoms with Crippen LogP contribution in [-0.2, 0) is 14.3 Å². The molecule has 1 atom stereocenters. The van der Waals surface area contributed by atoms with Crippen LogP contribution in [0.25, 0.3) is 0 Å². The van der Waals surface area contributed by atoms with Crippen molar-refractivity contribution in [3.8, 4) is 0 Å². The van der Waals surface area contributed by atoms with Crippen LogP contribution in [0.3, 0.4) is 0 Å². The van der Waals surface area contributed by atoms with Crippen molar-refractivity contribution in [3.05, 3.63) is 27.7 Å². The van der Waals surface area contributed by atoms with Crippen LogP contribution in [0.2, 0.25) is 10.0 Å². The molecule has 116 valence electrons. The molecule has 0 spiro atoms. The number of hydrogen-bond donors (Lipinski definition) is 2. The number of nitrogens with one attached hydrogen (secondary N) is 1. The van der Waals surface area contributed by atoms with Gasteiger partial charge in [0, 0.05) is 19.3 Å². The molecule has 1 unspecified atom stereocenters. The first-order valence-corrected chi connectivity index (χ1v) is 6.84. The fourth-order valence-electron chi connectivity index (χ4n) is 1.46. The number of amides is 1. The zero-order valence-corrected chi connectivity index (χ0v) is 13.1. The Kier molecular flexibility index (Phi) is 6.74. The second kappa shape index (κ2) is 8.07. The van der Waals surface area contributed by atoms with E-state index in [9.17, 15) is 9.59 Å². The predicted molar refractivity (Wildman–Crippen MR) is 80.6 cm³/mol. The maximum absolute atomic E-state index is 12.0. The lowest BCUT2D eigenvalue weighted by molar-refractivity contribution is -0.129. The largest absolute Gasteiger partial charge is 0.449 e. The van der Waals surface area contributed by atoms with E-state index in [0.717, 1.165) is 0 Å². The zero-order valence-electron chi connectivity index (χ0n) is 11.6. The average Bonchev–Trinajstić information content (AvgIpc) is 2.42. The molecule has 21 heavy (non-hydrogen) atoms. The minimum absolute atomic E-state index is 0.0122. The van der Waals surface area contributed by atoms with Crippen LogP contribution in [0, 0.1) is 0 Å². The molecule has 0 heterocycles. The standard InChI is InChI=1S/C13H16Cl2N2O4/c1-7(12(18)17-3-4-20-2)21-13(19)9-5-8(16)6-10(14)11(9)15/h5-7H,3-4,16H2,1-2H3,(H,17,18). The van der Waals surface area contributed by atoms with E-state index >= 15 is 0 Å². The molecule has 1 rings (SSSR count). The molecule has 6 nitrogen and oxygen atoms in total. The van der Waals surface area contributed by atoms with Gasteiger partial charge in [0.2, 0.25) is 0 Å². The molecular weight excluding hydrogens is 319 g/mol. The summed E-state index contributed by atoms with van der Waals surface area (Å²) < 4.78 is 9.83. The molecule has 0 aliphatic heterocycles. The molecule has 0 aliphatic rings. The molecule has 0 bridgehead atoms. The van der Waals surface area contributed by atoms with Crippen molar-refractivity contribution in [2.75, 3.05) is 26.0 Å². The van der Waals surface area contributed by atoms with E-state index in [1.54, 1.807) is 0 Å². The van der Waals surface area contributed by atoms with Crippen LogP contribution >= 0.6 is 23.2 Å². The Morgan fingerprint density at radius 3 is 2.67 bits per heavy atom. The average molecular weight is 335 g/mol. The summed E-state index contributed by atoms with van der Waals surface area (Å²) in [5, 5.41) is 2.72. The molecule has 0 radical (unpaired) electrons. The number of rotatable bonds is 6. The van der Waals surface area contributed by atoms with Gasteiger partial charge in [0.1, 0.15) is 0 Å². The second-order valence-corrected chi connectivity index (χ2v) is 4.98. The summed E-state index contributed by atoms with van der Waals surface area (Å²) in [5.41, 5.74) is 5.88. The molecule has 1 aromatic carbocycles. The van der Waals surface area contributed by atoms with Gasteiger partial charge < -0.3 is 20.5 Å². The summed E-state index contributed by atoms with van der Waals surface area (Å²) in [6.45, 7) is 2.13. The number of halogens is 2. The summed E-state index contributed by atoms with van der Waals surface area (Å²) >= 11 is 11.8. The zero-order chi connectivity index (χ0) is 16.0. The van der Waals surface area contributed by atoms with Crippen LogP contribution in [0.15, 0.2) is 12.1 Å². The van der Waals surface area contributed by atoms with E-state index in [4.69, 9.17) is 38.4 Å². The summed E-state index contributed by atoms with van der Waals surface area (Å²) in [7, 11) is 1.52. The minimum atomic E-state index is -0.981. The maximum Gasteiger partial charge on any atom is 0.340 e. The minimum Gasteiger partial charge on any atom is -0.449 e. The Labute approximate surface area is 132 Å². The number of hydrogen-bond acceptors (Lipinski definition) is 5. The van der Waals surface area contributed by atoms with Gasteiger partial charge in [-0.2, -0.15) is 0 Å². The van der Waals surface area contributed by atoms with Gasteiger partial charge in [0.15, 0.2) is 6.10 Å². The fraction of sp³-hybridized carbons (Fsp3) is 0.385. The third-order valence-corrected chi connectivity index (χ3v) is 3.33. The van der Waals surface area contributed by atoms with Crippen molar-refractivity contribution >= 4 is 40.8 Å². The molecular formula is C13H16Cl2N2O4. The third-order valence-electron chi connectivity index (χ3n) is 2.53. The second-order valence-electron chi connectivity index (χ2n) is 4.20. The molecule has 0 fully saturated rings. The van der Waals surface area contributed by atoms with Crippen LogP contribution in [0.4, 0.5) is 5.69 Å². The Morgan fingerprint density at radius 1 is 1.38 bits per heavy atom. The highest BCUT2D eigenvalue weighted by atomic mass is 35.5. The molecule has 0 aliphatic carbocycles. The lowest BCUT2D eigenvalue weighted by Gasteiger charge is -2.14. The molecule has 1 amide bonds. The number of benzene rings is 1. The molecule has 0 saturated carbocycles. The van der Waals surface area contributed by atoms with Gasteiger partial charge in [-0.25, -0.2) is 4.79 Å². The normalized spacial score (nSPS) is 11.8. The maximum atomic E-state index is 12.0. The summed E-state index contributed by atoms with van der Waals surface area (Å²) in [6, 6.07) is 2.76. The lowest BCUT2D eigenvalue weighted by atomic mass is 10.2. The van der Waals surface area contributed by atoms with Gasteiger partial charge in [0.25, 0.3) is 5.91 Å². The number of anilines is 1. The number of esters is 1. The summed E-state index contributed by atoms with van der Waals surface area (Å²) in [6.07, 6.45) is -0.981. The predicted octanol–water partition coefficient (Wildman–Crippen LogP) is 1.88. The highest BCUT2D eigenvalue weighted by molar-refractivity contribution is 6.44. The molecule has 1 aromatic rings. The third kappa shape index (κ3) is 5.08. The highest BCUT2D eigenvalue weighted by Crippen LogP contribution is 2.29. The first-order chi connectivity index (χ1) is 9.86. The molecule has 0 aromatic heterocycles. The number of ether oxygens (including phenoxy) is 2. The van der Waals surface area contributed by atoms with Crippen molar-refractivity contribution in [2.24, 2.45) is 0 Å². The number of methoxy groups -OCH3 is 1. The SMILES string of the molecule is COCCNC(=O)C(C)OC(=O)c1cc(N)cc(Cl)c1Cl. The van der Waals surface area contributed by atoms with Gasteiger partial charge in [-0.1, -0.05) is 23.2 Å². The fourth-order valence-corrected chi connectivity index (χ4v) is 1.87. The van der Waals surface area contributed by atoms with E-state index in [2.05, 4.69) is 5.32 Å². The quantitative estimate of drug-likeness (QED) is 0.471. The number of carbonyl (C=O) groups excluding carboxylic acids is 2. The van der Waals surface area contributed by atoms with E-state index < -0.39 is 18.0 Å². The van der Waals surface area contributed by atoms with E-state index in [1.165, 1.54) is 26.2 Å². The van der Waals surface area contributed by atoms with Crippen molar-refractivity contribution < 1.29 is 19.1 Å². The summed E-state index contributed by atoms with van der Waals surface area (Å²) in [4.78, 5) is 23.7. The van der Waals surface area contributed by atoms with Gasteiger partial charge in [-0.05, 0) is 19.1 Å². The first-order valence-electron chi connectivity index (χ1n) is 6.09. The molecule has 8 heteroatoms. The van der Waals surface area contributed by atoms with Crippen molar-refractivity contribution in [2.45, 2.75) is 13.0 Å². The lowest BCUT2D eigenvalue weighted by Crippen LogP contribution is -2.37. The smallest absolute Gasteiger partial charge is 0.340 e. The molecule has 3 N–H and O–H groups in total. The van der Waals surface area contributed by atoms with Gasteiger partial charge in [0.05, 0.1) is 22.2 Å². The topological polar surface area (TPSA) is 90.6 Å². The Balaban J connectivity index is 2.71. The Hall–Kier alpha value is -1.50. The van der Waals surface area contributed by atoms with Gasteiger partial charge >= 0.3 is 5.97 Å². The monoisotopic (exact) mass is 334 g/mol. The van der Waals surface area contributed by atoms with Gasteiger partial charge in [-0.3, -0.25) is 4.79 Å².